The van der Waals surface area contributed by atoms with Gasteiger partial charge in [0, 0.05) is 12.6 Å². The summed E-state index contributed by atoms with van der Waals surface area (Å²) < 4.78 is 7.21. The second kappa shape index (κ2) is 12.5. The monoisotopic (exact) mass is 496 g/mol. The molecule has 0 unspecified atom stereocenters. The van der Waals surface area contributed by atoms with E-state index in [4.69, 9.17) is 9.84 Å². The van der Waals surface area contributed by atoms with Gasteiger partial charge < -0.3 is 25.4 Å². The second-order valence-electron chi connectivity index (χ2n) is 9.39. The maximum Gasteiger partial charge on any atom is 0.404 e. The van der Waals surface area contributed by atoms with Crippen LogP contribution in [0, 0.1) is 5.92 Å². The summed E-state index contributed by atoms with van der Waals surface area (Å²) in [6.07, 6.45) is 7.92. The Balaban J connectivity index is 0.000000214. The van der Waals surface area contributed by atoms with Crippen LogP contribution in [0.1, 0.15) is 45.4 Å². The number of fused-ring (bicyclic) bond motifs is 1. The van der Waals surface area contributed by atoms with Crippen LogP contribution in [0.5, 0.6) is 5.75 Å². The summed E-state index contributed by atoms with van der Waals surface area (Å²) >= 11 is 0. The van der Waals surface area contributed by atoms with Crippen molar-refractivity contribution in [2.24, 2.45) is 5.92 Å². The van der Waals surface area contributed by atoms with Crippen molar-refractivity contribution in [3.8, 4) is 11.4 Å². The number of benzene rings is 1. The zero-order chi connectivity index (χ0) is 25.3. The Morgan fingerprint density at radius 1 is 1.14 bits per heavy atom. The van der Waals surface area contributed by atoms with E-state index in [0.717, 1.165) is 37.4 Å². The fourth-order valence-electron chi connectivity index (χ4n) is 4.57. The number of aromatic nitrogens is 5. The number of anilines is 1. The van der Waals surface area contributed by atoms with Crippen molar-refractivity contribution in [1.29, 1.82) is 0 Å². The molecule has 11 heteroatoms. The lowest BCUT2D eigenvalue weighted by Crippen LogP contribution is -2.36. The number of hydrogen-bond donors (Lipinski definition) is 3. The zero-order valence-corrected chi connectivity index (χ0v) is 21.1. The molecule has 3 aromatic rings. The summed E-state index contributed by atoms with van der Waals surface area (Å²) in [6.45, 7) is 5.41. The number of nitrogens with one attached hydrogen (secondary N) is 2. The third-order valence-corrected chi connectivity index (χ3v) is 6.65. The Morgan fingerprint density at radius 3 is 2.53 bits per heavy atom. The van der Waals surface area contributed by atoms with Gasteiger partial charge >= 0.3 is 6.09 Å². The number of likely N-dealkylation sites (tertiary alicyclic amines) is 1. The van der Waals surface area contributed by atoms with Gasteiger partial charge in [-0.3, -0.25) is 0 Å². The maximum absolute atomic E-state index is 10.2. The maximum atomic E-state index is 10.2. The highest BCUT2D eigenvalue weighted by atomic mass is 16.5. The number of rotatable bonds is 7. The van der Waals surface area contributed by atoms with Crippen molar-refractivity contribution in [3.63, 3.8) is 0 Å². The summed E-state index contributed by atoms with van der Waals surface area (Å²) in [5.41, 5.74) is 2.28. The van der Waals surface area contributed by atoms with E-state index in [1.807, 2.05) is 31.2 Å². The van der Waals surface area contributed by atoms with Crippen LogP contribution in [0.4, 0.5) is 10.7 Å². The molecule has 0 bridgehead atoms. The molecule has 1 saturated heterocycles. The topological polar surface area (TPSA) is 130 Å². The minimum atomic E-state index is -0.908. The Bertz CT molecular complexity index is 1110. The first kappa shape index (κ1) is 25.6. The molecule has 1 saturated carbocycles. The van der Waals surface area contributed by atoms with Crippen LogP contribution in [0.15, 0.2) is 30.5 Å². The first-order valence-electron chi connectivity index (χ1n) is 12.8. The molecule has 2 aliphatic rings. The molecule has 194 valence electrons. The van der Waals surface area contributed by atoms with Crippen LogP contribution in [0.2, 0.25) is 0 Å². The lowest BCUT2D eigenvalue weighted by atomic mass is 9.97. The molecule has 0 radical (unpaired) electrons. The van der Waals surface area contributed by atoms with E-state index >= 15 is 0 Å². The number of ether oxygens (including phenoxy) is 1. The molecule has 1 aliphatic carbocycles. The highest BCUT2D eigenvalue weighted by Gasteiger charge is 2.18. The number of nitrogens with zero attached hydrogens (tertiary/aromatic N) is 6. The molecule has 3 heterocycles. The molecular formula is C25H36N8O3. The first-order valence-corrected chi connectivity index (χ1v) is 12.8. The van der Waals surface area contributed by atoms with Crippen molar-refractivity contribution >= 4 is 23.2 Å². The smallest absolute Gasteiger partial charge is 0.404 e. The number of piperidine rings is 1. The van der Waals surface area contributed by atoms with E-state index in [1.54, 1.807) is 10.9 Å². The molecule has 1 amide bonds. The summed E-state index contributed by atoms with van der Waals surface area (Å²) in [7, 11) is 2.10. The molecule has 5 rings (SSSR count). The van der Waals surface area contributed by atoms with E-state index in [2.05, 4.69) is 42.9 Å². The van der Waals surface area contributed by atoms with Crippen molar-refractivity contribution in [2.75, 3.05) is 38.6 Å². The van der Waals surface area contributed by atoms with Crippen molar-refractivity contribution in [2.45, 2.75) is 51.5 Å². The molecule has 1 aliphatic heterocycles. The highest BCUT2D eigenvalue weighted by Crippen LogP contribution is 2.22. The number of carbonyl (C=O) groups is 1. The van der Waals surface area contributed by atoms with E-state index in [9.17, 15) is 4.79 Å². The Labute approximate surface area is 211 Å². The summed E-state index contributed by atoms with van der Waals surface area (Å²) in [5, 5.41) is 22.6. The molecule has 0 spiro atoms. The average Bonchev–Trinajstić information content (AvgIpc) is 3.55. The predicted octanol–water partition coefficient (Wildman–Crippen LogP) is 3.56. The minimum Gasteiger partial charge on any atom is -0.494 e. The molecule has 0 atom stereocenters. The van der Waals surface area contributed by atoms with Gasteiger partial charge in [0.1, 0.15) is 5.75 Å². The zero-order valence-electron chi connectivity index (χ0n) is 21.1. The van der Waals surface area contributed by atoms with Crippen LogP contribution in [-0.4, -0.2) is 80.4 Å². The summed E-state index contributed by atoms with van der Waals surface area (Å²) in [4.78, 5) is 21.4. The van der Waals surface area contributed by atoms with Gasteiger partial charge in [0.15, 0.2) is 11.2 Å². The Morgan fingerprint density at radius 2 is 1.86 bits per heavy atom. The minimum absolute atomic E-state index is 0.470. The van der Waals surface area contributed by atoms with E-state index in [0.29, 0.717) is 42.2 Å². The van der Waals surface area contributed by atoms with Gasteiger partial charge in [-0.15, -0.1) is 5.10 Å². The lowest BCUT2D eigenvalue weighted by molar-refractivity contribution is 0.182. The normalized spacial score (nSPS) is 16.9. The molecule has 36 heavy (non-hydrogen) atoms. The summed E-state index contributed by atoms with van der Waals surface area (Å²) in [5.74, 6) is 2.02. The number of amides is 1. The lowest BCUT2D eigenvalue weighted by Gasteiger charge is -2.28. The summed E-state index contributed by atoms with van der Waals surface area (Å²) in [6, 6.07) is 8.21. The van der Waals surface area contributed by atoms with Crippen LogP contribution in [0.25, 0.3) is 16.9 Å². The van der Waals surface area contributed by atoms with Gasteiger partial charge in [0.05, 0.1) is 18.5 Å². The third-order valence-electron chi connectivity index (χ3n) is 6.65. The fourth-order valence-corrected chi connectivity index (χ4v) is 4.57. The van der Waals surface area contributed by atoms with E-state index in [-0.39, 0.29) is 0 Å². The van der Waals surface area contributed by atoms with Gasteiger partial charge in [0.25, 0.3) is 0 Å². The van der Waals surface area contributed by atoms with Gasteiger partial charge in [-0.05, 0) is 82.9 Å². The van der Waals surface area contributed by atoms with Gasteiger partial charge in [-0.25, -0.2) is 9.78 Å². The number of carboxylic acid groups (broad SMARTS) is 1. The predicted molar refractivity (Wildman–Crippen MR) is 138 cm³/mol. The largest absolute Gasteiger partial charge is 0.494 e. The molecular weight excluding hydrogens is 460 g/mol. The standard InChI is InChI=1S/C17H20N6O.C8H16N2O2/c1-2-24-14-9-7-13(8-10-14)23-16-15(21-22-23)11-18-17(20-16)19-12-5-3-4-6-12;1-10-4-2-7(3-5-10)6-9-8(11)12/h7-12H,2-6H2,1H3,(H,18,19,20);7,9H,2-6H2,1H3,(H,11,12). The molecule has 2 fully saturated rings. The third kappa shape index (κ3) is 7.03. The first-order chi connectivity index (χ1) is 17.5. The van der Waals surface area contributed by atoms with Crippen LogP contribution >= 0.6 is 0 Å². The van der Waals surface area contributed by atoms with Gasteiger partial charge in [-0.1, -0.05) is 18.1 Å². The van der Waals surface area contributed by atoms with Crippen LogP contribution in [-0.2, 0) is 0 Å². The van der Waals surface area contributed by atoms with Crippen molar-refractivity contribution in [3.05, 3.63) is 30.5 Å². The molecule has 2 aromatic heterocycles. The SMILES string of the molecule is CCOc1ccc(-n2nnc3cnc(NC4CCCC4)nc32)cc1.CN1CCC(CNC(=O)O)CC1. The second-order valence-corrected chi connectivity index (χ2v) is 9.39. The molecule has 11 nitrogen and oxygen atoms in total. The molecule has 3 N–H and O–H groups in total. The van der Waals surface area contributed by atoms with Crippen LogP contribution in [0.3, 0.4) is 0 Å². The molecule has 1 aromatic carbocycles. The quantitative estimate of drug-likeness (QED) is 0.449. The Hall–Kier alpha value is -3.47. The number of hydrogen-bond acceptors (Lipinski definition) is 8. The Kier molecular flexibility index (Phi) is 8.88. The van der Waals surface area contributed by atoms with E-state index in [1.165, 1.54) is 25.7 Å². The highest BCUT2D eigenvalue weighted by molar-refractivity contribution is 5.72. The van der Waals surface area contributed by atoms with Gasteiger partial charge in [-0.2, -0.15) is 9.67 Å². The van der Waals surface area contributed by atoms with Crippen LogP contribution < -0.4 is 15.4 Å². The fraction of sp³-hybridized carbons (Fsp3) is 0.560. The average molecular weight is 497 g/mol. The van der Waals surface area contributed by atoms with Crippen molar-refractivity contribution < 1.29 is 14.6 Å². The van der Waals surface area contributed by atoms with Crippen molar-refractivity contribution in [1.82, 2.24) is 35.2 Å². The van der Waals surface area contributed by atoms with E-state index < -0.39 is 6.09 Å². The van der Waals surface area contributed by atoms with Gasteiger partial charge in [0.2, 0.25) is 5.95 Å².